The molecule has 0 N–H and O–H groups in total. The van der Waals surface area contributed by atoms with Crippen LogP contribution in [0.15, 0.2) is 51.8 Å². The Kier molecular flexibility index (Phi) is 7.20. The Morgan fingerprint density at radius 2 is 1.92 bits per heavy atom. The summed E-state index contributed by atoms with van der Waals surface area (Å²) in [6, 6.07) is 13.4. The number of carbonyl (C=O) groups is 1. The van der Waals surface area contributed by atoms with Crippen LogP contribution >= 0.6 is 27.7 Å². The predicted octanol–water partition coefficient (Wildman–Crippen LogP) is 4.61. The first-order valence-corrected chi connectivity index (χ1v) is 9.84. The summed E-state index contributed by atoms with van der Waals surface area (Å²) in [5.74, 6) is 1.42. The van der Waals surface area contributed by atoms with Gasteiger partial charge in [-0.05, 0) is 55.1 Å². The highest BCUT2D eigenvalue weighted by atomic mass is 79.9. The van der Waals surface area contributed by atoms with Crippen molar-refractivity contribution >= 4 is 33.6 Å². The summed E-state index contributed by atoms with van der Waals surface area (Å²) < 4.78 is 12.1. The summed E-state index contributed by atoms with van der Waals surface area (Å²) in [7, 11) is 3.43. The normalized spacial score (nSPS) is 11.7. The quantitative estimate of drug-likeness (QED) is 0.609. The molecule has 134 valence electrons. The van der Waals surface area contributed by atoms with E-state index >= 15 is 0 Å². The fraction of sp³-hybridized carbons (Fsp3) is 0.316. The molecule has 0 aromatic heterocycles. The van der Waals surface area contributed by atoms with Gasteiger partial charge in [-0.15, -0.1) is 11.8 Å². The van der Waals surface area contributed by atoms with E-state index in [0.29, 0.717) is 12.3 Å². The van der Waals surface area contributed by atoms with Crippen LogP contribution < -0.4 is 9.47 Å². The Morgan fingerprint density at radius 1 is 1.24 bits per heavy atom. The fourth-order valence-electron chi connectivity index (χ4n) is 2.41. The lowest BCUT2D eigenvalue weighted by Gasteiger charge is -2.22. The molecule has 0 aliphatic rings. The van der Waals surface area contributed by atoms with Crippen LogP contribution in [-0.2, 0) is 11.3 Å². The van der Waals surface area contributed by atoms with Crippen LogP contribution in [0, 0.1) is 0 Å². The smallest absolute Gasteiger partial charge is 0.263 e. The van der Waals surface area contributed by atoms with E-state index in [-0.39, 0.29) is 5.91 Å². The summed E-state index contributed by atoms with van der Waals surface area (Å²) >= 11 is 5.01. The highest BCUT2D eigenvalue weighted by Crippen LogP contribution is 2.28. The molecule has 0 heterocycles. The first-order chi connectivity index (χ1) is 11.9. The molecule has 0 radical (unpaired) electrons. The molecule has 2 aromatic carbocycles. The highest BCUT2D eigenvalue weighted by Gasteiger charge is 2.19. The highest BCUT2D eigenvalue weighted by molar-refractivity contribution is 9.10. The molecular formula is C19H22BrNO3S. The Hall–Kier alpha value is -1.66. The molecule has 25 heavy (non-hydrogen) atoms. The summed E-state index contributed by atoms with van der Waals surface area (Å²) in [6.07, 6.45) is 1.45. The fourth-order valence-corrected chi connectivity index (χ4v) is 3.22. The maximum absolute atomic E-state index is 12.6. The van der Waals surface area contributed by atoms with Gasteiger partial charge >= 0.3 is 0 Å². The van der Waals surface area contributed by atoms with E-state index < -0.39 is 6.10 Å². The zero-order chi connectivity index (χ0) is 18.4. The Balaban J connectivity index is 2.00. The molecule has 6 heteroatoms. The molecule has 4 nitrogen and oxygen atoms in total. The second-order valence-electron chi connectivity index (χ2n) is 5.60. The number of ether oxygens (including phenoxy) is 2. The minimum Gasteiger partial charge on any atom is -0.496 e. The van der Waals surface area contributed by atoms with Gasteiger partial charge in [0, 0.05) is 23.0 Å². The molecule has 0 spiro atoms. The molecule has 0 aliphatic heterocycles. The maximum Gasteiger partial charge on any atom is 0.263 e. The number of hydrogen-bond donors (Lipinski definition) is 0. The topological polar surface area (TPSA) is 38.8 Å². The van der Waals surface area contributed by atoms with Gasteiger partial charge in [-0.25, -0.2) is 0 Å². The van der Waals surface area contributed by atoms with Gasteiger partial charge in [0.2, 0.25) is 0 Å². The SMILES string of the molecule is COc1cc(CN(C)C(=O)[C@@H](C)Oc2ccc(Br)cc2)ccc1SC. The van der Waals surface area contributed by atoms with Crippen LogP contribution in [0.1, 0.15) is 12.5 Å². The number of nitrogens with zero attached hydrogens (tertiary/aromatic N) is 1. The van der Waals surface area contributed by atoms with E-state index in [4.69, 9.17) is 9.47 Å². The molecule has 1 atom stereocenters. The van der Waals surface area contributed by atoms with Crippen LogP contribution in [0.5, 0.6) is 11.5 Å². The number of benzene rings is 2. The average molecular weight is 424 g/mol. The van der Waals surface area contributed by atoms with Crippen molar-refractivity contribution in [1.29, 1.82) is 0 Å². The third-order valence-electron chi connectivity index (χ3n) is 3.72. The Labute approximate surface area is 161 Å². The van der Waals surface area contributed by atoms with E-state index in [0.717, 1.165) is 20.7 Å². The molecule has 2 rings (SSSR count). The average Bonchev–Trinajstić information content (AvgIpc) is 2.62. The van der Waals surface area contributed by atoms with Crippen LogP contribution in [0.2, 0.25) is 0 Å². The molecule has 2 aromatic rings. The molecule has 0 aliphatic carbocycles. The van der Waals surface area contributed by atoms with E-state index in [1.54, 1.807) is 37.7 Å². The maximum atomic E-state index is 12.6. The van der Waals surface area contributed by atoms with E-state index in [9.17, 15) is 4.79 Å². The number of hydrogen-bond acceptors (Lipinski definition) is 4. The summed E-state index contributed by atoms with van der Waals surface area (Å²) in [5.41, 5.74) is 1.02. The third kappa shape index (κ3) is 5.41. The standard InChI is InChI=1S/C19H22BrNO3S/c1-13(24-16-8-6-15(20)7-9-16)19(22)21(2)12-14-5-10-18(25-4)17(11-14)23-3/h5-11,13H,12H2,1-4H3/t13-/m1/s1. The predicted molar refractivity (Wildman–Crippen MR) is 105 cm³/mol. The van der Waals surface area contributed by atoms with Crippen molar-refractivity contribution in [1.82, 2.24) is 4.90 Å². The lowest BCUT2D eigenvalue weighted by molar-refractivity contribution is -0.137. The van der Waals surface area contributed by atoms with Gasteiger partial charge < -0.3 is 14.4 Å². The summed E-state index contributed by atoms with van der Waals surface area (Å²) in [4.78, 5) is 15.3. The van der Waals surface area contributed by atoms with E-state index in [2.05, 4.69) is 15.9 Å². The number of halogens is 1. The lowest BCUT2D eigenvalue weighted by Crippen LogP contribution is -2.37. The number of likely N-dealkylation sites (N-methyl/N-ethyl adjacent to an activating group) is 1. The number of amides is 1. The van der Waals surface area contributed by atoms with Crippen LogP contribution in [-0.4, -0.2) is 37.3 Å². The van der Waals surface area contributed by atoms with Crippen molar-refractivity contribution in [3.63, 3.8) is 0 Å². The first-order valence-electron chi connectivity index (χ1n) is 7.82. The summed E-state index contributed by atoms with van der Waals surface area (Å²) in [5, 5.41) is 0. The second-order valence-corrected chi connectivity index (χ2v) is 7.36. The van der Waals surface area contributed by atoms with Crippen molar-refractivity contribution in [2.45, 2.75) is 24.5 Å². The molecule has 0 fully saturated rings. The van der Waals surface area contributed by atoms with Gasteiger partial charge in [0.05, 0.1) is 7.11 Å². The molecular weight excluding hydrogens is 402 g/mol. The molecule has 0 saturated heterocycles. The van der Waals surface area contributed by atoms with E-state index in [1.807, 2.05) is 48.7 Å². The largest absolute Gasteiger partial charge is 0.496 e. The van der Waals surface area contributed by atoms with Gasteiger partial charge in [-0.3, -0.25) is 4.79 Å². The molecule has 0 bridgehead atoms. The van der Waals surface area contributed by atoms with Crippen molar-refractivity contribution in [2.24, 2.45) is 0 Å². The minimum atomic E-state index is -0.557. The molecule has 0 saturated carbocycles. The number of rotatable bonds is 7. The molecule has 1 amide bonds. The van der Waals surface area contributed by atoms with Crippen LogP contribution in [0.25, 0.3) is 0 Å². The van der Waals surface area contributed by atoms with Crippen molar-refractivity contribution < 1.29 is 14.3 Å². The summed E-state index contributed by atoms with van der Waals surface area (Å²) in [6.45, 7) is 2.26. The van der Waals surface area contributed by atoms with Gasteiger partial charge in [-0.1, -0.05) is 22.0 Å². The number of carbonyl (C=O) groups excluding carboxylic acids is 1. The second kappa shape index (κ2) is 9.15. The zero-order valence-electron chi connectivity index (χ0n) is 14.8. The van der Waals surface area contributed by atoms with Crippen molar-refractivity contribution in [3.05, 3.63) is 52.5 Å². The van der Waals surface area contributed by atoms with Gasteiger partial charge in [0.1, 0.15) is 11.5 Å². The van der Waals surface area contributed by atoms with Gasteiger partial charge in [0.15, 0.2) is 6.10 Å². The number of thioether (sulfide) groups is 1. The Bertz CT molecular complexity index is 721. The third-order valence-corrected chi connectivity index (χ3v) is 5.02. The minimum absolute atomic E-state index is 0.0733. The van der Waals surface area contributed by atoms with E-state index in [1.165, 1.54) is 0 Å². The van der Waals surface area contributed by atoms with Crippen LogP contribution in [0.4, 0.5) is 0 Å². The van der Waals surface area contributed by atoms with Gasteiger partial charge in [0.25, 0.3) is 5.91 Å². The van der Waals surface area contributed by atoms with Crippen LogP contribution in [0.3, 0.4) is 0 Å². The van der Waals surface area contributed by atoms with Gasteiger partial charge in [-0.2, -0.15) is 0 Å². The zero-order valence-corrected chi connectivity index (χ0v) is 17.2. The first kappa shape index (κ1) is 19.7. The Morgan fingerprint density at radius 3 is 2.52 bits per heavy atom. The molecule has 0 unspecified atom stereocenters. The monoisotopic (exact) mass is 423 g/mol. The van der Waals surface area contributed by atoms with Crippen molar-refractivity contribution in [3.8, 4) is 11.5 Å². The van der Waals surface area contributed by atoms with Crippen molar-refractivity contribution in [2.75, 3.05) is 20.4 Å². The number of methoxy groups -OCH3 is 1. The lowest BCUT2D eigenvalue weighted by atomic mass is 10.2.